The monoisotopic (exact) mass is 370 g/mol. The first-order valence-corrected chi connectivity index (χ1v) is 8.37. The number of nitrogens with one attached hydrogen (secondary N) is 1. The summed E-state index contributed by atoms with van der Waals surface area (Å²) in [6, 6.07) is 9.90. The molecule has 0 spiro atoms. The van der Waals surface area contributed by atoms with Gasteiger partial charge in [0.05, 0.1) is 16.8 Å². The van der Waals surface area contributed by atoms with Crippen molar-refractivity contribution in [3.63, 3.8) is 0 Å². The van der Waals surface area contributed by atoms with Gasteiger partial charge in [-0.1, -0.05) is 0 Å². The largest absolute Gasteiger partial charge is 0.452 e. The molecule has 26 heavy (non-hydrogen) atoms. The summed E-state index contributed by atoms with van der Waals surface area (Å²) >= 11 is 1.16. The molecule has 3 N–H and O–H groups in total. The van der Waals surface area contributed by atoms with E-state index in [2.05, 4.69) is 10.4 Å². The molecule has 0 aliphatic heterocycles. The smallest absolute Gasteiger partial charge is 0.338 e. The molecule has 3 aromatic rings. The minimum atomic E-state index is -0.643. The van der Waals surface area contributed by atoms with Crippen molar-refractivity contribution >= 4 is 34.1 Å². The van der Waals surface area contributed by atoms with Crippen LogP contribution < -0.4 is 11.1 Å². The van der Waals surface area contributed by atoms with Gasteiger partial charge in [0.15, 0.2) is 6.61 Å². The fraction of sp³-hybridized carbons (Fsp3) is 0.0588. The molecule has 0 radical (unpaired) electrons. The summed E-state index contributed by atoms with van der Waals surface area (Å²) in [4.78, 5) is 35.1. The van der Waals surface area contributed by atoms with E-state index in [1.54, 1.807) is 52.8 Å². The number of anilines is 1. The minimum Gasteiger partial charge on any atom is -0.452 e. The second-order valence-electron chi connectivity index (χ2n) is 5.15. The van der Waals surface area contributed by atoms with Crippen LogP contribution in [0.4, 0.5) is 5.00 Å². The zero-order valence-electron chi connectivity index (χ0n) is 13.4. The van der Waals surface area contributed by atoms with Gasteiger partial charge in [-0.05, 0) is 41.8 Å². The molecule has 0 bridgehead atoms. The van der Waals surface area contributed by atoms with Crippen molar-refractivity contribution in [1.29, 1.82) is 0 Å². The highest BCUT2D eigenvalue weighted by molar-refractivity contribution is 7.14. The van der Waals surface area contributed by atoms with Gasteiger partial charge < -0.3 is 15.8 Å². The quantitative estimate of drug-likeness (QED) is 0.642. The maximum absolute atomic E-state index is 12.0. The average Bonchev–Trinajstić information content (AvgIpc) is 3.31. The Balaban J connectivity index is 1.55. The van der Waals surface area contributed by atoms with Crippen molar-refractivity contribution in [1.82, 2.24) is 9.78 Å². The summed E-state index contributed by atoms with van der Waals surface area (Å²) in [6.07, 6.45) is 3.43. The average molecular weight is 370 g/mol. The molecule has 0 aliphatic rings. The Labute approximate surface area is 152 Å². The number of amides is 2. The summed E-state index contributed by atoms with van der Waals surface area (Å²) in [6.45, 7) is -0.476. The number of benzene rings is 1. The Hall–Kier alpha value is -3.46. The van der Waals surface area contributed by atoms with Crippen LogP contribution in [0.3, 0.4) is 0 Å². The molecular weight excluding hydrogens is 356 g/mol. The second-order valence-corrected chi connectivity index (χ2v) is 6.07. The molecular formula is C17H14N4O4S. The van der Waals surface area contributed by atoms with Gasteiger partial charge in [-0.25, -0.2) is 9.48 Å². The molecule has 2 aromatic heterocycles. The van der Waals surface area contributed by atoms with Gasteiger partial charge in [-0.2, -0.15) is 5.10 Å². The molecule has 2 amide bonds. The number of ether oxygens (including phenoxy) is 1. The Morgan fingerprint density at radius 1 is 1.19 bits per heavy atom. The molecule has 1 aromatic carbocycles. The predicted octanol–water partition coefficient (Wildman–Crippen LogP) is 1.83. The van der Waals surface area contributed by atoms with Gasteiger partial charge in [-0.15, -0.1) is 11.3 Å². The highest BCUT2D eigenvalue weighted by Gasteiger charge is 2.14. The maximum Gasteiger partial charge on any atom is 0.338 e. The van der Waals surface area contributed by atoms with Crippen molar-refractivity contribution in [3.8, 4) is 5.69 Å². The lowest BCUT2D eigenvalue weighted by Crippen LogP contribution is -2.22. The molecule has 2 heterocycles. The van der Waals surface area contributed by atoms with Crippen molar-refractivity contribution in [2.75, 3.05) is 11.9 Å². The van der Waals surface area contributed by atoms with Gasteiger partial charge in [0, 0.05) is 12.4 Å². The number of nitrogens with two attached hydrogens (primary N) is 1. The Bertz CT molecular complexity index is 932. The van der Waals surface area contributed by atoms with E-state index in [1.807, 2.05) is 0 Å². The van der Waals surface area contributed by atoms with Crippen LogP contribution >= 0.6 is 11.3 Å². The first-order chi connectivity index (χ1) is 12.5. The number of hydrogen-bond donors (Lipinski definition) is 2. The van der Waals surface area contributed by atoms with Gasteiger partial charge in [-0.3, -0.25) is 9.59 Å². The number of thiophene rings is 1. The number of primary amides is 1. The van der Waals surface area contributed by atoms with Gasteiger partial charge in [0.1, 0.15) is 5.00 Å². The Morgan fingerprint density at radius 3 is 2.62 bits per heavy atom. The molecule has 0 unspecified atom stereocenters. The maximum atomic E-state index is 12.0. The summed E-state index contributed by atoms with van der Waals surface area (Å²) < 4.78 is 6.64. The van der Waals surface area contributed by atoms with E-state index in [0.717, 1.165) is 17.0 Å². The third-order valence-corrected chi connectivity index (χ3v) is 4.22. The molecule has 0 fully saturated rings. The topological polar surface area (TPSA) is 116 Å². The first-order valence-electron chi connectivity index (χ1n) is 7.49. The lowest BCUT2D eigenvalue weighted by Gasteiger charge is -2.07. The lowest BCUT2D eigenvalue weighted by atomic mass is 10.2. The number of esters is 1. The van der Waals surface area contributed by atoms with E-state index in [1.165, 1.54) is 6.07 Å². The standard InChI is InChI=1S/C17H14N4O4S/c18-15(23)13-6-9-26-16(13)20-14(22)10-25-17(24)11-2-4-12(5-3-11)21-8-1-7-19-21/h1-9H,10H2,(H2,18,23)(H,20,22). The Morgan fingerprint density at radius 2 is 1.96 bits per heavy atom. The SMILES string of the molecule is NC(=O)c1ccsc1NC(=O)COC(=O)c1ccc(-n2cccn2)cc1. The molecule has 0 saturated heterocycles. The predicted molar refractivity (Wildman–Crippen MR) is 95.3 cm³/mol. The summed E-state index contributed by atoms with van der Waals surface area (Å²) in [7, 11) is 0. The fourth-order valence-corrected chi connectivity index (χ4v) is 2.96. The molecule has 8 nitrogen and oxygen atoms in total. The highest BCUT2D eigenvalue weighted by atomic mass is 32.1. The van der Waals surface area contributed by atoms with Gasteiger partial charge in [0.25, 0.3) is 11.8 Å². The first kappa shape index (κ1) is 17.4. The third-order valence-electron chi connectivity index (χ3n) is 3.39. The van der Waals surface area contributed by atoms with E-state index < -0.39 is 24.4 Å². The highest BCUT2D eigenvalue weighted by Crippen LogP contribution is 2.22. The molecule has 0 aliphatic carbocycles. The van der Waals surface area contributed by atoms with Crippen LogP contribution in [-0.2, 0) is 9.53 Å². The minimum absolute atomic E-state index is 0.212. The molecule has 0 saturated carbocycles. The zero-order valence-corrected chi connectivity index (χ0v) is 14.2. The van der Waals surface area contributed by atoms with Gasteiger partial charge in [0.2, 0.25) is 0 Å². The van der Waals surface area contributed by atoms with Crippen LogP contribution in [-0.4, -0.2) is 34.2 Å². The van der Waals surface area contributed by atoms with Crippen LogP contribution in [0.1, 0.15) is 20.7 Å². The lowest BCUT2D eigenvalue weighted by molar-refractivity contribution is -0.119. The molecule has 0 atom stereocenters. The van der Waals surface area contributed by atoms with E-state index >= 15 is 0 Å². The van der Waals surface area contributed by atoms with Crippen LogP contribution in [0.5, 0.6) is 0 Å². The van der Waals surface area contributed by atoms with Gasteiger partial charge >= 0.3 is 5.97 Å². The number of aromatic nitrogens is 2. The van der Waals surface area contributed by atoms with Crippen LogP contribution in [0.2, 0.25) is 0 Å². The van der Waals surface area contributed by atoms with Crippen molar-refractivity contribution in [2.24, 2.45) is 5.73 Å². The van der Waals surface area contributed by atoms with E-state index in [-0.39, 0.29) is 5.56 Å². The van der Waals surface area contributed by atoms with E-state index in [0.29, 0.717) is 10.6 Å². The number of carbonyl (C=O) groups is 3. The van der Waals surface area contributed by atoms with E-state index in [4.69, 9.17) is 10.5 Å². The number of hydrogen-bond acceptors (Lipinski definition) is 6. The van der Waals surface area contributed by atoms with Crippen LogP contribution in [0.15, 0.2) is 54.2 Å². The van der Waals surface area contributed by atoms with Crippen LogP contribution in [0, 0.1) is 0 Å². The van der Waals surface area contributed by atoms with Crippen LogP contribution in [0.25, 0.3) is 5.69 Å². The molecule has 3 rings (SSSR count). The molecule has 9 heteroatoms. The van der Waals surface area contributed by atoms with E-state index in [9.17, 15) is 14.4 Å². The summed E-state index contributed by atoms with van der Waals surface area (Å²) in [5.41, 5.74) is 6.52. The summed E-state index contributed by atoms with van der Waals surface area (Å²) in [5.74, 6) is -1.83. The van der Waals surface area contributed by atoms with Crippen molar-refractivity contribution < 1.29 is 19.1 Å². The normalized spacial score (nSPS) is 10.3. The third kappa shape index (κ3) is 3.95. The molecule has 132 valence electrons. The van der Waals surface area contributed by atoms with Crippen molar-refractivity contribution in [2.45, 2.75) is 0 Å². The Kier molecular flexibility index (Phi) is 5.09. The number of rotatable bonds is 6. The van der Waals surface area contributed by atoms with Crippen molar-refractivity contribution in [3.05, 3.63) is 65.3 Å². The number of carbonyl (C=O) groups excluding carboxylic acids is 3. The zero-order chi connectivity index (χ0) is 18.5. The second kappa shape index (κ2) is 7.62. The fourth-order valence-electron chi connectivity index (χ4n) is 2.15. The summed E-state index contributed by atoms with van der Waals surface area (Å²) in [5, 5.41) is 8.54. The number of nitrogens with zero attached hydrogens (tertiary/aromatic N) is 2.